The predicted octanol–water partition coefficient (Wildman–Crippen LogP) is 3.49. The number of carbonyl (C=O) groups is 1. The van der Waals surface area contributed by atoms with Gasteiger partial charge in [0.1, 0.15) is 0 Å². The Bertz CT molecular complexity index is 621. The molecular formula is C15H15ClN2O2. The Morgan fingerprint density at radius 3 is 2.85 bits per heavy atom. The number of aliphatic carboxylic acids is 1. The lowest BCUT2D eigenvalue weighted by atomic mass is 9.91. The number of hydrogen-bond donors (Lipinski definition) is 1. The number of imidazole rings is 1. The van der Waals surface area contributed by atoms with Gasteiger partial charge in [0.25, 0.3) is 0 Å². The second-order valence-corrected chi connectivity index (χ2v) is 5.63. The van der Waals surface area contributed by atoms with E-state index >= 15 is 0 Å². The van der Waals surface area contributed by atoms with Gasteiger partial charge in [0, 0.05) is 12.4 Å². The van der Waals surface area contributed by atoms with Crippen molar-refractivity contribution in [1.29, 1.82) is 0 Å². The zero-order valence-corrected chi connectivity index (χ0v) is 11.6. The van der Waals surface area contributed by atoms with Crippen molar-refractivity contribution in [2.45, 2.75) is 25.2 Å². The molecule has 1 aromatic heterocycles. The fourth-order valence-electron chi connectivity index (χ4n) is 2.61. The Balaban J connectivity index is 1.90. The molecule has 0 spiro atoms. The van der Waals surface area contributed by atoms with Gasteiger partial charge in [-0.15, -0.1) is 0 Å². The molecule has 20 heavy (non-hydrogen) atoms. The third-order valence-corrected chi connectivity index (χ3v) is 4.07. The molecule has 2 aromatic rings. The van der Waals surface area contributed by atoms with Crippen molar-refractivity contribution < 1.29 is 9.90 Å². The molecule has 1 N–H and O–H groups in total. The van der Waals surface area contributed by atoms with Gasteiger partial charge in [0.15, 0.2) is 0 Å². The SMILES string of the molecule is O=C(O)CC(c1ccc(-n2ccnc2)c(Cl)c1)C1CC1. The van der Waals surface area contributed by atoms with Crippen molar-refractivity contribution in [2.24, 2.45) is 5.92 Å². The molecule has 5 heteroatoms. The Kier molecular flexibility index (Phi) is 3.49. The standard InChI is InChI=1S/C15H15ClN2O2/c16-13-7-11(12(8-15(19)20)10-1-2-10)3-4-14(13)18-6-5-17-9-18/h3-7,9-10,12H,1-2,8H2,(H,19,20). The molecule has 104 valence electrons. The zero-order chi connectivity index (χ0) is 14.1. The Morgan fingerprint density at radius 1 is 1.50 bits per heavy atom. The second-order valence-electron chi connectivity index (χ2n) is 5.22. The average Bonchev–Trinajstić information content (AvgIpc) is 3.11. The smallest absolute Gasteiger partial charge is 0.303 e. The van der Waals surface area contributed by atoms with Gasteiger partial charge in [-0.05, 0) is 42.4 Å². The van der Waals surface area contributed by atoms with Crippen LogP contribution >= 0.6 is 11.6 Å². The average molecular weight is 291 g/mol. The maximum absolute atomic E-state index is 11.0. The largest absolute Gasteiger partial charge is 0.481 e. The summed E-state index contributed by atoms with van der Waals surface area (Å²) in [4.78, 5) is 15.0. The number of carboxylic acids is 1. The molecule has 1 aliphatic carbocycles. The first kappa shape index (κ1) is 13.2. The number of aromatic nitrogens is 2. The fraction of sp³-hybridized carbons (Fsp3) is 0.333. The van der Waals surface area contributed by atoms with Gasteiger partial charge in [-0.3, -0.25) is 4.79 Å². The summed E-state index contributed by atoms with van der Waals surface area (Å²) in [5, 5.41) is 9.67. The van der Waals surface area contributed by atoms with Crippen LogP contribution in [0.4, 0.5) is 0 Å². The van der Waals surface area contributed by atoms with Crippen LogP contribution in [-0.2, 0) is 4.79 Å². The number of carboxylic acid groups (broad SMARTS) is 1. The highest BCUT2D eigenvalue weighted by atomic mass is 35.5. The van der Waals surface area contributed by atoms with Gasteiger partial charge in [-0.2, -0.15) is 0 Å². The van der Waals surface area contributed by atoms with Crippen molar-refractivity contribution in [3.8, 4) is 5.69 Å². The number of nitrogens with zero attached hydrogens (tertiary/aromatic N) is 2. The molecule has 1 saturated carbocycles. The summed E-state index contributed by atoms with van der Waals surface area (Å²) >= 11 is 6.33. The zero-order valence-electron chi connectivity index (χ0n) is 10.9. The first-order valence-corrected chi connectivity index (χ1v) is 7.02. The summed E-state index contributed by atoms with van der Waals surface area (Å²) in [7, 11) is 0. The van der Waals surface area contributed by atoms with Crippen molar-refractivity contribution in [1.82, 2.24) is 9.55 Å². The Morgan fingerprint density at radius 2 is 2.30 bits per heavy atom. The van der Waals surface area contributed by atoms with Crippen LogP contribution in [0.3, 0.4) is 0 Å². The molecular weight excluding hydrogens is 276 g/mol. The van der Waals surface area contributed by atoms with Crippen LogP contribution in [0.2, 0.25) is 5.02 Å². The minimum Gasteiger partial charge on any atom is -0.481 e. The monoisotopic (exact) mass is 290 g/mol. The minimum atomic E-state index is -0.753. The van der Waals surface area contributed by atoms with E-state index in [4.69, 9.17) is 16.7 Å². The van der Waals surface area contributed by atoms with E-state index in [0.717, 1.165) is 24.1 Å². The van der Waals surface area contributed by atoms with Crippen LogP contribution in [0.5, 0.6) is 0 Å². The van der Waals surface area contributed by atoms with Crippen molar-refractivity contribution in [3.05, 3.63) is 47.5 Å². The van der Waals surface area contributed by atoms with Crippen molar-refractivity contribution >= 4 is 17.6 Å². The van der Waals surface area contributed by atoms with E-state index in [0.29, 0.717) is 10.9 Å². The van der Waals surface area contributed by atoms with Gasteiger partial charge in [-0.1, -0.05) is 17.7 Å². The van der Waals surface area contributed by atoms with Gasteiger partial charge >= 0.3 is 5.97 Å². The second kappa shape index (κ2) is 5.29. The fourth-order valence-corrected chi connectivity index (χ4v) is 2.89. The number of halogens is 1. The summed E-state index contributed by atoms with van der Waals surface area (Å²) < 4.78 is 1.84. The van der Waals surface area contributed by atoms with Crippen LogP contribution in [0, 0.1) is 5.92 Å². The number of rotatable bonds is 5. The summed E-state index contributed by atoms with van der Waals surface area (Å²) in [5.41, 5.74) is 1.88. The van der Waals surface area contributed by atoms with Crippen molar-refractivity contribution in [3.63, 3.8) is 0 Å². The quantitative estimate of drug-likeness (QED) is 0.917. The number of benzene rings is 1. The van der Waals surface area contributed by atoms with Crippen LogP contribution < -0.4 is 0 Å². The van der Waals surface area contributed by atoms with Crippen LogP contribution in [0.15, 0.2) is 36.9 Å². The Labute approximate surface area is 122 Å². The highest BCUT2D eigenvalue weighted by Gasteiger charge is 2.33. The topological polar surface area (TPSA) is 55.1 Å². The lowest BCUT2D eigenvalue weighted by molar-refractivity contribution is -0.137. The van der Waals surface area contributed by atoms with Gasteiger partial charge < -0.3 is 9.67 Å². The van der Waals surface area contributed by atoms with Crippen molar-refractivity contribution in [2.75, 3.05) is 0 Å². The summed E-state index contributed by atoms with van der Waals surface area (Å²) in [6.45, 7) is 0. The van der Waals surface area contributed by atoms with E-state index in [1.807, 2.05) is 29.0 Å². The van der Waals surface area contributed by atoms with Crippen LogP contribution in [0.25, 0.3) is 5.69 Å². The third-order valence-electron chi connectivity index (χ3n) is 3.77. The first-order chi connectivity index (χ1) is 9.65. The summed E-state index contributed by atoms with van der Waals surface area (Å²) in [6.07, 6.45) is 7.61. The van der Waals surface area contributed by atoms with E-state index in [1.54, 1.807) is 12.5 Å². The lowest BCUT2D eigenvalue weighted by Crippen LogP contribution is -2.08. The van der Waals surface area contributed by atoms with E-state index < -0.39 is 5.97 Å². The third kappa shape index (κ3) is 2.70. The molecule has 0 saturated heterocycles. The molecule has 1 fully saturated rings. The maximum atomic E-state index is 11.0. The first-order valence-electron chi connectivity index (χ1n) is 6.64. The molecule has 0 bridgehead atoms. The summed E-state index contributed by atoms with van der Waals surface area (Å²) in [5.74, 6) is -0.195. The predicted molar refractivity (Wildman–Crippen MR) is 76.3 cm³/mol. The maximum Gasteiger partial charge on any atom is 0.303 e. The van der Waals surface area contributed by atoms with Gasteiger partial charge in [-0.25, -0.2) is 4.98 Å². The van der Waals surface area contributed by atoms with E-state index in [2.05, 4.69) is 4.98 Å². The molecule has 1 heterocycles. The van der Waals surface area contributed by atoms with Crippen LogP contribution in [0.1, 0.15) is 30.7 Å². The molecule has 0 radical (unpaired) electrons. The molecule has 1 unspecified atom stereocenters. The highest BCUT2D eigenvalue weighted by Crippen LogP contribution is 2.45. The normalized spacial score (nSPS) is 16.1. The molecule has 1 aromatic carbocycles. The number of hydrogen-bond acceptors (Lipinski definition) is 2. The molecule has 3 rings (SSSR count). The van der Waals surface area contributed by atoms with Crippen LogP contribution in [-0.4, -0.2) is 20.6 Å². The van der Waals surface area contributed by atoms with Gasteiger partial charge in [0.2, 0.25) is 0 Å². The molecule has 4 nitrogen and oxygen atoms in total. The van der Waals surface area contributed by atoms with E-state index in [1.165, 1.54) is 0 Å². The minimum absolute atomic E-state index is 0.0711. The molecule has 0 amide bonds. The molecule has 1 atom stereocenters. The lowest BCUT2D eigenvalue weighted by Gasteiger charge is -2.16. The Hall–Kier alpha value is -1.81. The van der Waals surface area contributed by atoms with Gasteiger partial charge in [0.05, 0.1) is 23.5 Å². The summed E-state index contributed by atoms with van der Waals surface area (Å²) in [6, 6.07) is 5.80. The molecule has 0 aliphatic heterocycles. The van der Waals surface area contributed by atoms with E-state index in [9.17, 15) is 4.79 Å². The van der Waals surface area contributed by atoms with E-state index in [-0.39, 0.29) is 12.3 Å². The highest BCUT2D eigenvalue weighted by molar-refractivity contribution is 6.32. The molecule has 1 aliphatic rings.